The Bertz CT molecular complexity index is 1320. The van der Waals surface area contributed by atoms with Crippen molar-refractivity contribution in [1.82, 2.24) is 4.90 Å². The molecule has 2 amide bonds. The Kier molecular flexibility index (Phi) is 5.84. The summed E-state index contributed by atoms with van der Waals surface area (Å²) in [5, 5.41) is 3.08. The maximum Gasteiger partial charge on any atom is 0.254 e. The number of methoxy groups -OCH3 is 3. The molecule has 0 aromatic heterocycles. The number of ether oxygens (including phenoxy) is 3. The van der Waals surface area contributed by atoms with E-state index in [1.54, 1.807) is 27.4 Å². The van der Waals surface area contributed by atoms with Crippen molar-refractivity contribution in [2.45, 2.75) is 25.3 Å². The van der Waals surface area contributed by atoms with Crippen LogP contribution in [-0.2, 0) is 11.2 Å². The lowest BCUT2D eigenvalue weighted by Crippen LogP contribution is -2.49. The van der Waals surface area contributed by atoms with E-state index < -0.39 is 12.0 Å². The van der Waals surface area contributed by atoms with Crippen LogP contribution in [0, 0.1) is 6.92 Å². The van der Waals surface area contributed by atoms with Crippen LogP contribution >= 0.6 is 0 Å². The Morgan fingerprint density at radius 1 is 0.914 bits per heavy atom. The molecule has 0 bridgehead atoms. The van der Waals surface area contributed by atoms with Gasteiger partial charge in [-0.25, -0.2) is 0 Å². The molecule has 3 aromatic carbocycles. The smallest absolute Gasteiger partial charge is 0.254 e. The number of aryl methyl sites for hydroxylation is 1. The predicted molar refractivity (Wildman–Crippen MR) is 133 cm³/mol. The number of anilines is 1. The second-order valence-corrected chi connectivity index (χ2v) is 8.86. The summed E-state index contributed by atoms with van der Waals surface area (Å²) in [4.78, 5) is 29.3. The first-order chi connectivity index (χ1) is 17.0. The molecule has 0 saturated carbocycles. The fourth-order valence-corrected chi connectivity index (χ4v) is 5.27. The number of hydrogen-bond acceptors (Lipinski definition) is 5. The first-order valence-electron chi connectivity index (χ1n) is 11.6. The zero-order valence-corrected chi connectivity index (χ0v) is 20.3. The van der Waals surface area contributed by atoms with E-state index in [1.165, 1.54) is 0 Å². The molecule has 2 aliphatic heterocycles. The normalized spacial score (nSPS) is 18.2. The van der Waals surface area contributed by atoms with Crippen LogP contribution in [0.3, 0.4) is 0 Å². The summed E-state index contributed by atoms with van der Waals surface area (Å²) < 4.78 is 16.6. The lowest BCUT2D eigenvalue weighted by molar-refractivity contribution is -0.119. The Morgan fingerprint density at radius 3 is 2.37 bits per heavy atom. The summed E-state index contributed by atoms with van der Waals surface area (Å²) in [6.07, 6.45) is 0.667. The van der Waals surface area contributed by atoms with Gasteiger partial charge in [0.25, 0.3) is 5.91 Å². The van der Waals surface area contributed by atoms with Gasteiger partial charge < -0.3 is 24.4 Å². The monoisotopic (exact) mass is 472 g/mol. The van der Waals surface area contributed by atoms with Gasteiger partial charge in [-0.2, -0.15) is 0 Å². The zero-order valence-electron chi connectivity index (χ0n) is 20.3. The molecule has 2 heterocycles. The summed E-state index contributed by atoms with van der Waals surface area (Å²) in [7, 11) is 4.76. The fourth-order valence-electron chi connectivity index (χ4n) is 5.27. The highest BCUT2D eigenvalue weighted by Gasteiger charge is 2.46. The van der Waals surface area contributed by atoms with Gasteiger partial charge in [-0.15, -0.1) is 0 Å². The molecule has 0 fully saturated rings. The van der Waals surface area contributed by atoms with E-state index in [1.807, 2.05) is 60.4 Å². The molecule has 0 spiro atoms. The fraction of sp³-hybridized carbons (Fsp3) is 0.286. The third-order valence-corrected chi connectivity index (χ3v) is 6.92. The molecule has 7 nitrogen and oxygen atoms in total. The van der Waals surface area contributed by atoms with Gasteiger partial charge in [0.05, 0.1) is 39.0 Å². The quantitative estimate of drug-likeness (QED) is 0.592. The molecular weight excluding hydrogens is 444 g/mol. The van der Waals surface area contributed by atoms with Crippen LogP contribution in [-0.4, -0.2) is 44.6 Å². The lowest BCUT2D eigenvalue weighted by atomic mass is 9.75. The number of hydrogen-bond donors (Lipinski definition) is 1. The van der Waals surface area contributed by atoms with Gasteiger partial charge in [0.2, 0.25) is 5.91 Å². The van der Waals surface area contributed by atoms with Crippen LogP contribution in [0.2, 0.25) is 0 Å². The molecule has 0 radical (unpaired) electrons. The van der Waals surface area contributed by atoms with E-state index in [9.17, 15) is 9.59 Å². The molecule has 2 unspecified atom stereocenters. The number of carbonyl (C=O) groups excluding carboxylic acids is 2. The van der Waals surface area contributed by atoms with E-state index in [0.29, 0.717) is 47.0 Å². The molecule has 3 aromatic rings. The highest BCUT2D eigenvalue weighted by Crippen LogP contribution is 2.48. The van der Waals surface area contributed by atoms with E-state index in [0.717, 1.165) is 16.7 Å². The zero-order chi connectivity index (χ0) is 24.7. The van der Waals surface area contributed by atoms with Crippen molar-refractivity contribution >= 4 is 17.5 Å². The van der Waals surface area contributed by atoms with E-state index >= 15 is 0 Å². The average Bonchev–Trinajstić information content (AvgIpc) is 2.88. The Hall–Kier alpha value is -4.00. The molecule has 0 aliphatic carbocycles. The number of benzene rings is 3. The van der Waals surface area contributed by atoms with Crippen LogP contribution < -0.4 is 19.5 Å². The maximum absolute atomic E-state index is 14.0. The summed E-state index contributed by atoms with van der Waals surface area (Å²) in [5.41, 5.74) is 4.81. The predicted octanol–water partition coefficient (Wildman–Crippen LogP) is 4.50. The summed E-state index contributed by atoms with van der Waals surface area (Å²) >= 11 is 0. The van der Waals surface area contributed by atoms with Gasteiger partial charge in [0.1, 0.15) is 5.75 Å². The highest BCUT2D eigenvalue weighted by atomic mass is 16.5. The van der Waals surface area contributed by atoms with Crippen LogP contribution in [0.4, 0.5) is 5.69 Å². The van der Waals surface area contributed by atoms with Crippen LogP contribution in [0.25, 0.3) is 0 Å². The van der Waals surface area contributed by atoms with Crippen molar-refractivity contribution < 1.29 is 23.8 Å². The van der Waals surface area contributed by atoms with Crippen molar-refractivity contribution in [3.05, 3.63) is 82.4 Å². The molecule has 5 rings (SSSR count). The molecular formula is C28H28N2O5. The number of nitrogens with zero attached hydrogens (tertiary/aromatic N) is 1. The van der Waals surface area contributed by atoms with E-state index in [4.69, 9.17) is 14.2 Å². The van der Waals surface area contributed by atoms with Gasteiger partial charge in [-0.3, -0.25) is 9.59 Å². The topological polar surface area (TPSA) is 77.1 Å². The number of amides is 2. The highest BCUT2D eigenvalue weighted by molar-refractivity contribution is 6.05. The summed E-state index contributed by atoms with van der Waals surface area (Å²) in [5.74, 6) is 0.893. The van der Waals surface area contributed by atoms with Crippen LogP contribution in [0.1, 0.15) is 44.6 Å². The SMILES string of the molecule is COc1ccc(C)cc1NC(=O)C1c2ccccc2C(=O)N2CCc3cc(OC)c(OC)cc3C12. The van der Waals surface area contributed by atoms with E-state index in [2.05, 4.69) is 5.32 Å². The van der Waals surface area contributed by atoms with Gasteiger partial charge in [0.15, 0.2) is 11.5 Å². The molecule has 7 heteroatoms. The molecule has 0 saturated heterocycles. The van der Waals surface area contributed by atoms with Crippen molar-refractivity contribution in [3.8, 4) is 17.2 Å². The second-order valence-electron chi connectivity index (χ2n) is 8.86. The Morgan fingerprint density at radius 2 is 1.63 bits per heavy atom. The third-order valence-electron chi connectivity index (χ3n) is 6.92. The lowest BCUT2D eigenvalue weighted by Gasteiger charge is -2.45. The largest absolute Gasteiger partial charge is 0.495 e. The minimum absolute atomic E-state index is 0.0665. The molecule has 2 aliphatic rings. The van der Waals surface area contributed by atoms with Gasteiger partial charge in [-0.1, -0.05) is 24.3 Å². The van der Waals surface area contributed by atoms with Gasteiger partial charge >= 0.3 is 0 Å². The standard InChI is InChI=1S/C28H28N2O5/c1-16-9-10-22(33-2)21(13-16)29-27(31)25-18-7-5-6-8-19(18)28(32)30-12-11-17-14-23(34-3)24(35-4)15-20(17)26(25)30/h5-10,13-15,25-26H,11-12H2,1-4H3,(H,29,31). The number of carbonyl (C=O) groups is 2. The average molecular weight is 473 g/mol. The third kappa shape index (κ3) is 3.77. The molecule has 180 valence electrons. The molecule has 2 atom stereocenters. The minimum atomic E-state index is -0.619. The summed E-state index contributed by atoms with van der Waals surface area (Å²) in [6, 6.07) is 16.4. The Labute approximate surface area is 204 Å². The first-order valence-corrected chi connectivity index (χ1v) is 11.6. The number of fused-ring (bicyclic) bond motifs is 4. The van der Waals surface area contributed by atoms with E-state index in [-0.39, 0.29) is 11.8 Å². The van der Waals surface area contributed by atoms with Gasteiger partial charge in [-0.05, 0) is 65.9 Å². The number of rotatable bonds is 5. The molecule has 1 N–H and O–H groups in total. The van der Waals surface area contributed by atoms with Crippen molar-refractivity contribution in [3.63, 3.8) is 0 Å². The van der Waals surface area contributed by atoms with Crippen LogP contribution in [0.15, 0.2) is 54.6 Å². The van der Waals surface area contributed by atoms with Crippen molar-refractivity contribution in [2.24, 2.45) is 0 Å². The first kappa shape index (κ1) is 22.8. The van der Waals surface area contributed by atoms with Crippen LogP contribution in [0.5, 0.6) is 17.2 Å². The summed E-state index contributed by atoms with van der Waals surface area (Å²) in [6.45, 7) is 2.47. The Balaban J connectivity index is 1.66. The van der Waals surface area contributed by atoms with Crippen molar-refractivity contribution in [2.75, 3.05) is 33.2 Å². The van der Waals surface area contributed by atoms with Crippen molar-refractivity contribution in [1.29, 1.82) is 0 Å². The van der Waals surface area contributed by atoms with Gasteiger partial charge in [0, 0.05) is 12.1 Å². The minimum Gasteiger partial charge on any atom is -0.495 e. The number of nitrogens with one attached hydrogen (secondary N) is 1. The molecule has 35 heavy (non-hydrogen) atoms. The second kappa shape index (κ2) is 8.98. The maximum atomic E-state index is 14.0.